The first-order valence-electron chi connectivity index (χ1n) is 8.30. The van der Waals surface area contributed by atoms with Gasteiger partial charge < -0.3 is 4.90 Å². The topological polar surface area (TPSA) is 57.7 Å². The van der Waals surface area contributed by atoms with Gasteiger partial charge in [-0.25, -0.2) is 8.42 Å². The molecule has 7 heteroatoms. The number of aryl methyl sites for hydroxylation is 1. The van der Waals surface area contributed by atoms with Crippen molar-refractivity contribution in [1.29, 1.82) is 0 Å². The summed E-state index contributed by atoms with van der Waals surface area (Å²) in [5.74, 6) is 0.0842. The Morgan fingerprint density at radius 3 is 2.72 bits per heavy atom. The number of hydrogen-bond acceptors (Lipinski definition) is 4. The Balaban J connectivity index is 1.56. The van der Waals surface area contributed by atoms with Crippen LogP contribution in [0.15, 0.2) is 46.0 Å². The number of thiophene rings is 1. The fourth-order valence-electron chi connectivity index (χ4n) is 3.84. The van der Waals surface area contributed by atoms with Crippen molar-refractivity contribution >= 4 is 33.0 Å². The van der Waals surface area contributed by atoms with Crippen molar-refractivity contribution < 1.29 is 13.2 Å². The molecule has 1 aromatic heterocycles. The summed E-state index contributed by atoms with van der Waals surface area (Å²) in [6.45, 7) is 3.49. The molecule has 132 valence electrons. The van der Waals surface area contributed by atoms with Crippen molar-refractivity contribution in [1.82, 2.24) is 4.31 Å². The van der Waals surface area contributed by atoms with Crippen LogP contribution < -0.4 is 4.90 Å². The first kappa shape index (κ1) is 16.8. The van der Waals surface area contributed by atoms with E-state index in [1.54, 1.807) is 21.8 Å². The Kier molecular flexibility index (Phi) is 3.97. The molecule has 25 heavy (non-hydrogen) atoms. The largest absolute Gasteiger partial charge is 0.312 e. The summed E-state index contributed by atoms with van der Waals surface area (Å²) in [5.41, 5.74) is 1.74. The maximum Gasteiger partial charge on any atom is 0.252 e. The van der Waals surface area contributed by atoms with Gasteiger partial charge >= 0.3 is 0 Å². The van der Waals surface area contributed by atoms with Gasteiger partial charge in [-0.2, -0.15) is 4.31 Å². The van der Waals surface area contributed by atoms with Gasteiger partial charge in [0.15, 0.2) is 0 Å². The van der Waals surface area contributed by atoms with E-state index in [2.05, 4.69) is 0 Å². The standard InChI is InChI=1S/C18H20N2O3S2/c1-14-4-2-5-15(10-14)20-13-18(11-16(20)21)7-8-19(12-18)25(22,23)17-6-3-9-24-17/h2-6,9-10H,7-8,11-13H2,1H3/t18-/m1/s1. The number of sulfonamides is 1. The zero-order valence-corrected chi connectivity index (χ0v) is 15.6. The fourth-order valence-corrected chi connectivity index (χ4v) is 6.54. The van der Waals surface area contributed by atoms with E-state index in [0.717, 1.165) is 17.7 Å². The number of carbonyl (C=O) groups is 1. The Labute approximate surface area is 151 Å². The maximum absolute atomic E-state index is 12.8. The summed E-state index contributed by atoms with van der Waals surface area (Å²) in [7, 11) is -3.44. The lowest BCUT2D eigenvalue weighted by atomic mass is 9.86. The third-order valence-corrected chi connectivity index (χ3v) is 8.34. The minimum Gasteiger partial charge on any atom is -0.312 e. The van der Waals surface area contributed by atoms with Crippen molar-refractivity contribution in [3.05, 3.63) is 47.3 Å². The molecular weight excluding hydrogens is 356 g/mol. The fraction of sp³-hybridized carbons (Fsp3) is 0.389. The molecule has 2 fully saturated rings. The van der Waals surface area contributed by atoms with E-state index in [1.807, 2.05) is 36.1 Å². The van der Waals surface area contributed by atoms with Crippen LogP contribution in [-0.4, -0.2) is 38.3 Å². The summed E-state index contributed by atoms with van der Waals surface area (Å²) in [6, 6.07) is 11.3. The lowest BCUT2D eigenvalue weighted by molar-refractivity contribution is -0.117. The molecule has 0 N–H and O–H groups in total. The zero-order valence-electron chi connectivity index (χ0n) is 14.0. The molecule has 0 unspecified atom stereocenters. The predicted molar refractivity (Wildman–Crippen MR) is 98.3 cm³/mol. The summed E-state index contributed by atoms with van der Waals surface area (Å²) in [5, 5.41) is 1.78. The normalized spacial score (nSPS) is 24.5. The summed E-state index contributed by atoms with van der Waals surface area (Å²) in [4.78, 5) is 14.4. The average Bonchev–Trinajstić information content (AvgIpc) is 3.29. The van der Waals surface area contributed by atoms with Crippen LogP contribution in [0, 0.1) is 12.3 Å². The molecule has 2 saturated heterocycles. The van der Waals surface area contributed by atoms with Gasteiger partial charge in [-0.1, -0.05) is 18.2 Å². The van der Waals surface area contributed by atoms with Crippen LogP contribution in [0.1, 0.15) is 18.4 Å². The smallest absolute Gasteiger partial charge is 0.252 e. The van der Waals surface area contributed by atoms with Gasteiger partial charge in [0, 0.05) is 37.2 Å². The summed E-state index contributed by atoms with van der Waals surface area (Å²) < 4.78 is 27.4. The molecule has 1 spiro atoms. The molecule has 3 heterocycles. The second-order valence-corrected chi connectivity index (χ2v) is 10.1. The Morgan fingerprint density at radius 2 is 2.00 bits per heavy atom. The molecule has 2 aliphatic heterocycles. The SMILES string of the molecule is Cc1cccc(N2C[C@]3(CCN(S(=O)(=O)c4cccs4)C3)CC2=O)c1. The van der Waals surface area contributed by atoms with Gasteiger partial charge in [0.25, 0.3) is 10.0 Å². The van der Waals surface area contributed by atoms with E-state index in [0.29, 0.717) is 30.3 Å². The monoisotopic (exact) mass is 376 g/mol. The van der Waals surface area contributed by atoms with Gasteiger partial charge in [-0.15, -0.1) is 11.3 Å². The number of amides is 1. The van der Waals surface area contributed by atoms with Crippen molar-refractivity contribution in [3.63, 3.8) is 0 Å². The van der Waals surface area contributed by atoms with Gasteiger partial charge in [-0.05, 0) is 42.5 Å². The van der Waals surface area contributed by atoms with E-state index < -0.39 is 10.0 Å². The van der Waals surface area contributed by atoms with Crippen LogP contribution in [-0.2, 0) is 14.8 Å². The molecule has 2 aliphatic rings. The molecular formula is C18H20N2O3S2. The van der Waals surface area contributed by atoms with Crippen molar-refractivity contribution in [2.45, 2.75) is 24.0 Å². The predicted octanol–water partition coefficient (Wildman–Crippen LogP) is 2.87. The highest BCUT2D eigenvalue weighted by molar-refractivity contribution is 7.91. The summed E-state index contributed by atoms with van der Waals surface area (Å²) in [6.07, 6.45) is 1.14. The number of rotatable bonds is 3. The average molecular weight is 377 g/mol. The lowest BCUT2D eigenvalue weighted by Crippen LogP contribution is -2.34. The highest BCUT2D eigenvalue weighted by Crippen LogP contribution is 2.43. The second kappa shape index (κ2) is 5.93. The van der Waals surface area contributed by atoms with E-state index >= 15 is 0 Å². The molecule has 1 aromatic carbocycles. The maximum atomic E-state index is 12.8. The van der Waals surface area contributed by atoms with Crippen LogP contribution in [0.2, 0.25) is 0 Å². The van der Waals surface area contributed by atoms with Crippen molar-refractivity contribution in [2.24, 2.45) is 5.41 Å². The molecule has 4 rings (SSSR count). The Morgan fingerprint density at radius 1 is 1.16 bits per heavy atom. The van der Waals surface area contributed by atoms with Crippen LogP contribution in [0.3, 0.4) is 0 Å². The number of hydrogen-bond donors (Lipinski definition) is 0. The quantitative estimate of drug-likeness (QED) is 0.828. The number of carbonyl (C=O) groups excluding carboxylic acids is 1. The second-order valence-electron chi connectivity index (χ2n) is 7.02. The summed E-state index contributed by atoms with van der Waals surface area (Å²) >= 11 is 1.24. The molecule has 0 bridgehead atoms. The molecule has 5 nitrogen and oxygen atoms in total. The molecule has 0 aliphatic carbocycles. The zero-order chi connectivity index (χ0) is 17.7. The Bertz CT molecular complexity index is 908. The van der Waals surface area contributed by atoms with Crippen LogP contribution >= 0.6 is 11.3 Å². The molecule has 2 aromatic rings. The molecule has 0 saturated carbocycles. The Hall–Kier alpha value is -1.70. The molecule has 0 radical (unpaired) electrons. The first-order chi connectivity index (χ1) is 11.9. The number of nitrogens with zero attached hydrogens (tertiary/aromatic N) is 2. The highest BCUT2D eigenvalue weighted by Gasteiger charge is 2.50. The third-order valence-electron chi connectivity index (χ3n) is 5.13. The van der Waals surface area contributed by atoms with Crippen LogP contribution in [0.25, 0.3) is 0 Å². The van der Waals surface area contributed by atoms with Crippen LogP contribution in [0.4, 0.5) is 5.69 Å². The van der Waals surface area contributed by atoms with Gasteiger partial charge in [0.05, 0.1) is 0 Å². The molecule has 1 amide bonds. The first-order valence-corrected chi connectivity index (χ1v) is 10.6. The third kappa shape index (κ3) is 2.90. The van der Waals surface area contributed by atoms with Crippen LogP contribution in [0.5, 0.6) is 0 Å². The minimum atomic E-state index is -3.44. The highest BCUT2D eigenvalue weighted by atomic mass is 32.2. The lowest BCUT2D eigenvalue weighted by Gasteiger charge is -2.24. The molecule has 1 atom stereocenters. The number of benzene rings is 1. The van der Waals surface area contributed by atoms with Crippen molar-refractivity contribution in [2.75, 3.05) is 24.5 Å². The van der Waals surface area contributed by atoms with Gasteiger partial charge in [0.2, 0.25) is 5.91 Å². The minimum absolute atomic E-state index is 0.0842. The van der Waals surface area contributed by atoms with Crippen molar-refractivity contribution in [3.8, 4) is 0 Å². The van der Waals surface area contributed by atoms with E-state index in [1.165, 1.54) is 11.3 Å². The van der Waals surface area contributed by atoms with Gasteiger partial charge in [0.1, 0.15) is 4.21 Å². The van der Waals surface area contributed by atoms with E-state index in [9.17, 15) is 13.2 Å². The number of anilines is 1. The van der Waals surface area contributed by atoms with E-state index in [-0.39, 0.29) is 11.3 Å². The van der Waals surface area contributed by atoms with E-state index in [4.69, 9.17) is 0 Å². The van der Waals surface area contributed by atoms with Gasteiger partial charge in [-0.3, -0.25) is 4.79 Å².